The Morgan fingerprint density at radius 3 is 2.79 bits per heavy atom. The van der Waals surface area contributed by atoms with Crippen LogP contribution in [0.4, 0.5) is 0 Å². The first-order valence-electron chi connectivity index (χ1n) is 4.82. The molecule has 0 aliphatic heterocycles. The molecule has 2 aromatic rings. The molecule has 0 saturated carbocycles. The van der Waals surface area contributed by atoms with Gasteiger partial charge in [-0.1, -0.05) is 24.8 Å². The van der Waals surface area contributed by atoms with Crippen LogP contribution in [0.5, 0.6) is 0 Å². The Kier molecular flexibility index (Phi) is 2.55. The molecule has 0 amide bonds. The van der Waals surface area contributed by atoms with E-state index in [1.165, 1.54) is 16.5 Å². The van der Waals surface area contributed by atoms with Crippen molar-refractivity contribution in [2.45, 2.75) is 25.4 Å². The molecule has 0 spiro atoms. The average molecular weight is 206 g/mol. The molecule has 0 radical (unpaired) electrons. The molecule has 2 rings (SSSR count). The zero-order chi connectivity index (χ0) is 10.1. The summed E-state index contributed by atoms with van der Waals surface area (Å²) in [6.45, 7) is 4.35. The van der Waals surface area contributed by atoms with Gasteiger partial charge in [0.15, 0.2) is 5.09 Å². The molecule has 0 aliphatic rings. The zero-order valence-electron chi connectivity index (χ0n) is 8.76. The minimum atomic E-state index is 0.997. The summed E-state index contributed by atoms with van der Waals surface area (Å²) < 4.78 is 5.66. The van der Waals surface area contributed by atoms with Crippen LogP contribution in [0.1, 0.15) is 18.1 Å². The Bertz CT molecular complexity index is 457. The van der Waals surface area contributed by atoms with Crippen molar-refractivity contribution in [3.63, 3.8) is 0 Å². The van der Waals surface area contributed by atoms with Crippen molar-refractivity contribution in [2.24, 2.45) is 0 Å². The van der Waals surface area contributed by atoms with Crippen LogP contribution < -0.4 is 0 Å². The number of hydrogen-bond donors (Lipinski definition) is 0. The topological polar surface area (TPSA) is 13.1 Å². The van der Waals surface area contributed by atoms with E-state index in [0.29, 0.717) is 0 Å². The van der Waals surface area contributed by atoms with E-state index in [0.717, 1.165) is 17.1 Å². The third-order valence-electron chi connectivity index (χ3n) is 2.64. The molecule has 0 unspecified atom stereocenters. The van der Waals surface area contributed by atoms with Crippen molar-refractivity contribution in [3.05, 3.63) is 29.3 Å². The molecule has 0 fully saturated rings. The van der Waals surface area contributed by atoms with Gasteiger partial charge < -0.3 is 4.42 Å². The van der Waals surface area contributed by atoms with Crippen LogP contribution in [0.3, 0.4) is 0 Å². The van der Waals surface area contributed by atoms with Gasteiger partial charge in [0.1, 0.15) is 5.58 Å². The van der Waals surface area contributed by atoms with Crippen molar-refractivity contribution < 1.29 is 4.42 Å². The van der Waals surface area contributed by atoms with Gasteiger partial charge in [0.05, 0.1) is 0 Å². The number of benzene rings is 1. The lowest BCUT2D eigenvalue weighted by molar-refractivity contribution is 0.515. The molecule has 0 N–H and O–H groups in total. The molecule has 1 aromatic heterocycles. The molecule has 1 aromatic carbocycles. The van der Waals surface area contributed by atoms with Gasteiger partial charge in [0.25, 0.3) is 0 Å². The van der Waals surface area contributed by atoms with E-state index in [9.17, 15) is 0 Å². The highest BCUT2D eigenvalue weighted by Gasteiger charge is 2.07. The summed E-state index contributed by atoms with van der Waals surface area (Å²) in [6, 6.07) is 6.36. The zero-order valence-corrected chi connectivity index (χ0v) is 9.57. The van der Waals surface area contributed by atoms with Crippen molar-refractivity contribution in [3.8, 4) is 0 Å². The first-order chi connectivity index (χ1) is 6.76. The monoisotopic (exact) mass is 206 g/mol. The second kappa shape index (κ2) is 3.70. The minimum absolute atomic E-state index is 0.997. The van der Waals surface area contributed by atoms with E-state index in [2.05, 4.69) is 32.0 Å². The smallest absolute Gasteiger partial charge is 0.161 e. The van der Waals surface area contributed by atoms with Crippen molar-refractivity contribution in [1.29, 1.82) is 0 Å². The molecule has 0 atom stereocenters. The van der Waals surface area contributed by atoms with Crippen molar-refractivity contribution in [1.82, 2.24) is 0 Å². The Labute approximate surface area is 88.5 Å². The van der Waals surface area contributed by atoms with Crippen LogP contribution in [0.2, 0.25) is 0 Å². The molecule has 1 nitrogen and oxygen atoms in total. The molecule has 14 heavy (non-hydrogen) atoms. The fourth-order valence-electron chi connectivity index (χ4n) is 1.76. The summed E-state index contributed by atoms with van der Waals surface area (Å²) in [7, 11) is 0. The lowest BCUT2D eigenvalue weighted by Gasteiger charge is -2.01. The molecule has 1 heterocycles. The average Bonchev–Trinajstić information content (AvgIpc) is 2.62. The fourth-order valence-corrected chi connectivity index (χ4v) is 2.17. The van der Waals surface area contributed by atoms with Crippen LogP contribution in [-0.4, -0.2) is 6.26 Å². The van der Waals surface area contributed by atoms with Gasteiger partial charge in [-0.3, -0.25) is 0 Å². The van der Waals surface area contributed by atoms with Gasteiger partial charge in [-0.2, -0.15) is 0 Å². The Morgan fingerprint density at radius 1 is 1.36 bits per heavy atom. The van der Waals surface area contributed by atoms with E-state index < -0.39 is 0 Å². The van der Waals surface area contributed by atoms with Gasteiger partial charge in [0, 0.05) is 5.39 Å². The normalized spacial score (nSPS) is 11.1. The summed E-state index contributed by atoms with van der Waals surface area (Å²) in [6.07, 6.45) is 3.12. The molecular formula is C12H14OS. The summed E-state index contributed by atoms with van der Waals surface area (Å²) in [5.74, 6) is 0. The lowest BCUT2D eigenvalue weighted by Crippen LogP contribution is -1.85. The van der Waals surface area contributed by atoms with Crippen molar-refractivity contribution >= 4 is 22.7 Å². The van der Waals surface area contributed by atoms with Crippen LogP contribution in [0, 0.1) is 6.92 Å². The van der Waals surface area contributed by atoms with Crippen LogP contribution in [0.25, 0.3) is 11.0 Å². The number of thioether (sulfide) groups is 1. The molecule has 0 aliphatic carbocycles. The Morgan fingerprint density at radius 2 is 2.14 bits per heavy atom. The molecule has 2 heteroatoms. The highest BCUT2D eigenvalue weighted by atomic mass is 32.2. The maximum Gasteiger partial charge on any atom is 0.161 e. The highest BCUT2D eigenvalue weighted by molar-refractivity contribution is 7.98. The number of fused-ring (bicyclic) bond motifs is 1. The number of aryl methyl sites for hydroxylation is 2. The van der Waals surface area contributed by atoms with Crippen LogP contribution >= 0.6 is 11.8 Å². The van der Waals surface area contributed by atoms with Crippen LogP contribution in [-0.2, 0) is 6.42 Å². The lowest BCUT2D eigenvalue weighted by atomic mass is 10.0. The quantitative estimate of drug-likeness (QED) is 0.688. The summed E-state index contributed by atoms with van der Waals surface area (Å²) in [5.41, 5.74) is 3.77. The highest BCUT2D eigenvalue weighted by Crippen LogP contribution is 2.29. The Balaban J connectivity index is 2.68. The van der Waals surface area contributed by atoms with Crippen LogP contribution in [0.15, 0.2) is 27.7 Å². The maximum absolute atomic E-state index is 5.66. The largest absolute Gasteiger partial charge is 0.450 e. The third-order valence-corrected chi connectivity index (χ3v) is 3.25. The van der Waals surface area contributed by atoms with E-state index in [-0.39, 0.29) is 0 Å². The maximum atomic E-state index is 5.66. The van der Waals surface area contributed by atoms with Gasteiger partial charge in [0.2, 0.25) is 0 Å². The number of furan rings is 1. The van der Waals surface area contributed by atoms with E-state index >= 15 is 0 Å². The predicted octanol–water partition coefficient (Wildman–Crippen LogP) is 4.03. The van der Waals surface area contributed by atoms with E-state index in [1.54, 1.807) is 11.8 Å². The summed E-state index contributed by atoms with van der Waals surface area (Å²) in [5, 5.41) is 2.25. The van der Waals surface area contributed by atoms with Gasteiger partial charge in [-0.05, 0) is 42.9 Å². The molecular weight excluding hydrogens is 192 g/mol. The molecule has 0 saturated heterocycles. The third kappa shape index (κ3) is 1.44. The summed E-state index contributed by atoms with van der Waals surface area (Å²) >= 11 is 1.65. The number of rotatable bonds is 2. The van der Waals surface area contributed by atoms with Gasteiger partial charge in [-0.25, -0.2) is 0 Å². The van der Waals surface area contributed by atoms with Gasteiger partial charge >= 0.3 is 0 Å². The second-order valence-electron chi connectivity index (χ2n) is 3.38. The first kappa shape index (κ1) is 9.66. The Hall–Kier alpha value is -0.890. The van der Waals surface area contributed by atoms with E-state index in [1.807, 2.05) is 6.26 Å². The van der Waals surface area contributed by atoms with Gasteiger partial charge in [-0.15, -0.1) is 0 Å². The first-order valence-corrected chi connectivity index (χ1v) is 6.04. The number of hydrogen-bond acceptors (Lipinski definition) is 2. The van der Waals surface area contributed by atoms with E-state index in [4.69, 9.17) is 4.42 Å². The van der Waals surface area contributed by atoms with Crippen molar-refractivity contribution in [2.75, 3.05) is 6.26 Å². The predicted molar refractivity (Wildman–Crippen MR) is 62.1 cm³/mol. The SMILES string of the molecule is CCc1ccc2oc(SC)cc2c1C. The minimum Gasteiger partial charge on any atom is -0.450 e. The summed E-state index contributed by atoms with van der Waals surface area (Å²) in [4.78, 5) is 0. The molecule has 0 bridgehead atoms. The second-order valence-corrected chi connectivity index (χ2v) is 4.20. The fraction of sp³-hybridized carbons (Fsp3) is 0.333. The standard InChI is InChI=1S/C12H14OS/c1-4-9-5-6-11-10(8(9)2)7-12(13-11)14-3/h5-7H,4H2,1-3H3. The molecule has 74 valence electrons.